The standard InChI is InChI=1S/C16H21N3S/c1-3-10-20-11-9-17-12-16-13-18-14(2)19(16)15-7-5-4-6-8-15/h3-8,13,17H,1,9-12H2,2H3. The summed E-state index contributed by atoms with van der Waals surface area (Å²) in [6, 6.07) is 10.4. The summed E-state index contributed by atoms with van der Waals surface area (Å²) >= 11 is 1.89. The van der Waals surface area contributed by atoms with Crippen molar-refractivity contribution in [3.05, 3.63) is 60.7 Å². The summed E-state index contributed by atoms with van der Waals surface area (Å²) in [4.78, 5) is 4.43. The normalized spacial score (nSPS) is 10.7. The van der Waals surface area contributed by atoms with Crippen LogP contribution in [-0.4, -0.2) is 27.6 Å². The van der Waals surface area contributed by atoms with Gasteiger partial charge in [0.15, 0.2) is 0 Å². The highest BCUT2D eigenvalue weighted by Gasteiger charge is 2.07. The van der Waals surface area contributed by atoms with Crippen molar-refractivity contribution in [2.45, 2.75) is 13.5 Å². The van der Waals surface area contributed by atoms with Crippen molar-refractivity contribution < 1.29 is 0 Å². The molecule has 1 N–H and O–H groups in total. The fraction of sp³-hybridized carbons (Fsp3) is 0.312. The lowest BCUT2D eigenvalue weighted by Gasteiger charge is -2.11. The Bertz CT molecular complexity index is 534. The number of thioether (sulfide) groups is 1. The predicted octanol–water partition coefficient (Wildman–Crippen LogP) is 3.19. The van der Waals surface area contributed by atoms with Crippen LogP contribution in [0.2, 0.25) is 0 Å². The molecule has 2 aromatic rings. The van der Waals surface area contributed by atoms with Crippen LogP contribution in [0.4, 0.5) is 0 Å². The van der Waals surface area contributed by atoms with Crippen molar-refractivity contribution in [3.8, 4) is 5.69 Å². The summed E-state index contributed by atoms with van der Waals surface area (Å²) in [5.74, 6) is 3.14. The maximum Gasteiger partial charge on any atom is 0.110 e. The van der Waals surface area contributed by atoms with E-state index in [0.29, 0.717) is 0 Å². The van der Waals surface area contributed by atoms with E-state index in [1.807, 2.05) is 37.0 Å². The minimum absolute atomic E-state index is 0.838. The Morgan fingerprint density at radius 2 is 2.15 bits per heavy atom. The van der Waals surface area contributed by atoms with E-state index in [1.165, 1.54) is 11.4 Å². The van der Waals surface area contributed by atoms with Crippen LogP contribution in [-0.2, 0) is 6.54 Å². The van der Waals surface area contributed by atoms with Crippen molar-refractivity contribution >= 4 is 11.8 Å². The maximum absolute atomic E-state index is 4.43. The lowest BCUT2D eigenvalue weighted by molar-refractivity contribution is 0.699. The van der Waals surface area contributed by atoms with Gasteiger partial charge in [-0.25, -0.2) is 4.98 Å². The van der Waals surface area contributed by atoms with Crippen LogP contribution >= 0.6 is 11.8 Å². The van der Waals surface area contributed by atoms with Gasteiger partial charge in [-0.1, -0.05) is 24.3 Å². The average molecular weight is 287 g/mol. The number of imidazole rings is 1. The van der Waals surface area contributed by atoms with E-state index in [1.54, 1.807) is 0 Å². The molecule has 2 rings (SSSR count). The van der Waals surface area contributed by atoms with Gasteiger partial charge in [0.05, 0.1) is 11.9 Å². The van der Waals surface area contributed by atoms with Crippen molar-refractivity contribution in [1.82, 2.24) is 14.9 Å². The Morgan fingerprint density at radius 3 is 2.90 bits per heavy atom. The highest BCUT2D eigenvalue weighted by atomic mass is 32.2. The Labute approximate surface area is 125 Å². The molecule has 1 heterocycles. The first kappa shape index (κ1) is 14.9. The smallest absolute Gasteiger partial charge is 0.110 e. The van der Waals surface area contributed by atoms with E-state index >= 15 is 0 Å². The van der Waals surface area contributed by atoms with Crippen LogP contribution < -0.4 is 5.32 Å². The summed E-state index contributed by atoms with van der Waals surface area (Å²) in [7, 11) is 0. The molecule has 106 valence electrons. The third-order valence-corrected chi connectivity index (χ3v) is 3.95. The number of aromatic nitrogens is 2. The van der Waals surface area contributed by atoms with Crippen molar-refractivity contribution in [1.29, 1.82) is 0 Å². The summed E-state index contributed by atoms with van der Waals surface area (Å²) in [6.07, 6.45) is 3.89. The van der Waals surface area contributed by atoms with Crippen molar-refractivity contribution in [3.63, 3.8) is 0 Å². The van der Waals surface area contributed by atoms with Gasteiger partial charge in [0.25, 0.3) is 0 Å². The van der Waals surface area contributed by atoms with E-state index in [2.05, 4.69) is 45.7 Å². The second kappa shape index (κ2) is 7.92. The van der Waals surface area contributed by atoms with E-state index in [9.17, 15) is 0 Å². The molecule has 0 aliphatic carbocycles. The zero-order valence-corrected chi connectivity index (χ0v) is 12.7. The van der Waals surface area contributed by atoms with Crippen LogP contribution in [0.15, 0.2) is 49.2 Å². The molecule has 3 nitrogen and oxygen atoms in total. The lowest BCUT2D eigenvalue weighted by Crippen LogP contribution is -2.19. The van der Waals surface area contributed by atoms with Crippen LogP contribution in [0.3, 0.4) is 0 Å². The van der Waals surface area contributed by atoms with Crippen LogP contribution in [0.25, 0.3) is 5.69 Å². The highest BCUT2D eigenvalue weighted by molar-refractivity contribution is 7.99. The Balaban J connectivity index is 1.94. The molecular weight excluding hydrogens is 266 g/mol. The van der Waals surface area contributed by atoms with E-state index in [0.717, 1.165) is 30.4 Å². The van der Waals surface area contributed by atoms with Gasteiger partial charge in [-0.3, -0.25) is 4.57 Å². The number of hydrogen-bond acceptors (Lipinski definition) is 3. The molecule has 0 unspecified atom stereocenters. The molecule has 0 aliphatic rings. The average Bonchev–Trinajstić information content (AvgIpc) is 2.84. The molecule has 0 spiro atoms. The molecule has 0 bridgehead atoms. The number of rotatable bonds is 8. The van der Waals surface area contributed by atoms with Gasteiger partial charge in [-0.15, -0.1) is 6.58 Å². The fourth-order valence-electron chi connectivity index (χ4n) is 2.07. The molecule has 0 radical (unpaired) electrons. The molecule has 1 aromatic carbocycles. The molecular formula is C16H21N3S. The zero-order valence-electron chi connectivity index (χ0n) is 11.9. The molecule has 0 saturated heterocycles. The van der Waals surface area contributed by atoms with Gasteiger partial charge in [-0.2, -0.15) is 11.8 Å². The molecule has 0 fully saturated rings. The lowest BCUT2D eigenvalue weighted by atomic mass is 10.3. The van der Waals surface area contributed by atoms with E-state index in [-0.39, 0.29) is 0 Å². The topological polar surface area (TPSA) is 29.9 Å². The second-order valence-electron chi connectivity index (χ2n) is 4.51. The van der Waals surface area contributed by atoms with Crippen LogP contribution in [0, 0.1) is 6.92 Å². The van der Waals surface area contributed by atoms with Gasteiger partial charge >= 0.3 is 0 Å². The summed E-state index contributed by atoms with van der Waals surface area (Å²) in [6.45, 7) is 7.59. The monoisotopic (exact) mass is 287 g/mol. The summed E-state index contributed by atoms with van der Waals surface area (Å²) < 4.78 is 2.20. The minimum Gasteiger partial charge on any atom is -0.310 e. The number of aryl methyl sites for hydroxylation is 1. The number of benzene rings is 1. The molecule has 0 aliphatic heterocycles. The van der Waals surface area contributed by atoms with E-state index in [4.69, 9.17) is 0 Å². The third-order valence-electron chi connectivity index (χ3n) is 2.99. The SMILES string of the molecule is C=CCSCCNCc1cnc(C)n1-c1ccccc1. The first-order valence-electron chi connectivity index (χ1n) is 6.81. The molecule has 0 atom stereocenters. The number of nitrogens with zero attached hydrogens (tertiary/aromatic N) is 2. The molecule has 20 heavy (non-hydrogen) atoms. The van der Waals surface area contributed by atoms with Crippen LogP contribution in [0.1, 0.15) is 11.5 Å². The number of para-hydroxylation sites is 1. The predicted molar refractivity (Wildman–Crippen MR) is 87.5 cm³/mol. The number of hydrogen-bond donors (Lipinski definition) is 1. The summed E-state index contributed by atoms with van der Waals surface area (Å²) in [5, 5.41) is 3.47. The minimum atomic E-state index is 0.838. The fourth-order valence-corrected chi connectivity index (χ4v) is 2.70. The second-order valence-corrected chi connectivity index (χ2v) is 5.66. The van der Waals surface area contributed by atoms with Crippen molar-refractivity contribution in [2.75, 3.05) is 18.1 Å². The van der Waals surface area contributed by atoms with Gasteiger partial charge in [0.2, 0.25) is 0 Å². The first-order valence-corrected chi connectivity index (χ1v) is 7.96. The van der Waals surface area contributed by atoms with Gasteiger partial charge < -0.3 is 5.32 Å². The van der Waals surface area contributed by atoms with Gasteiger partial charge in [0, 0.05) is 30.3 Å². The third kappa shape index (κ3) is 3.99. The Hall–Kier alpha value is -1.52. The molecule has 4 heteroatoms. The maximum atomic E-state index is 4.43. The largest absolute Gasteiger partial charge is 0.310 e. The summed E-state index contributed by atoms with van der Waals surface area (Å²) in [5.41, 5.74) is 2.36. The Morgan fingerprint density at radius 1 is 1.35 bits per heavy atom. The van der Waals surface area contributed by atoms with E-state index < -0.39 is 0 Å². The Kier molecular flexibility index (Phi) is 5.89. The van der Waals surface area contributed by atoms with Gasteiger partial charge in [0.1, 0.15) is 5.82 Å². The molecule has 1 aromatic heterocycles. The number of nitrogens with one attached hydrogen (secondary N) is 1. The van der Waals surface area contributed by atoms with Crippen LogP contribution in [0.5, 0.6) is 0 Å². The zero-order chi connectivity index (χ0) is 14.2. The molecule has 0 amide bonds. The first-order chi connectivity index (χ1) is 9.83. The molecule has 0 saturated carbocycles. The highest BCUT2D eigenvalue weighted by Crippen LogP contribution is 2.14. The van der Waals surface area contributed by atoms with Gasteiger partial charge in [-0.05, 0) is 19.1 Å². The van der Waals surface area contributed by atoms with Crippen molar-refractivity contribution in [2.24, 2.45) is 0 Å². The quantitative estimate of drug-likeness (QED) is 0.597.